The van der Waals surface area contributed by atoms with Gasteiger partial charge in [0.15, 0.2) is 17.4 Å². The number of nitrogens with two attached hydrogens (primary N) is 1. The second kappa shape index (κ2) is 21.1. The molecular weight excluding hydrogens is 949 g/mol. The summed E-state index contributed by atoms with van der Waals surface area (Å²) in [5.74, 6) is -0.887. The zero-order valence-electron chi connectivity index (χ0n) is 33.5. The average molecular weight is 989 g/mol. The quantitative estimate of drug-likeness (QED) is 0.0354. The second-order valence-corrected chi connectivity index (χ2v) is 18.9. The Morgan fingerprint density at radius 2 is 1.47 bits per heavy atom. The summed E-state index contributed by atoms with van der Waals surface area (Å²) in [5, 5.41) is 60.1. The van der Waals surface area contributed by atoms with Gasteiger partial charge in [-0.2, -0.15) is 13.6 Å². The van der Waals surface area contributed by atoms with Gasteiger partial charge in [-0.3, -0.25) is 53.0 Å². The molecule has 0 aliphatic carbocycles. The highest BCUT2D eigenvalue weighted by Crippen LogP contribution is 2.67. The van der Waals surface area contributed by atoms with Crippen LogP contribution in [0, 0.1) is 17.8 Å². The van der Waals surface area contributed by atoms with E-state index in [-0.39, 0.29) is 58.3 Å². The number of anilines is 2. The Balaban J connectivity index is 1.23. The van der Waals surface area contributed by atoms with Crippen LogP contribution in [0.2, 0.25) is 0 Å². The van der Waals surface area contributed by atoms with Gasteiger partial charge in [0.05, 0.1) is 31.7 Å². The lowest BCUT2D eigenvalue weighted by Crippen LogP contribution is -2.34. The van der Waals surface area contributed by atoms with Crippen molar-refractivity contribution in [1.82, 2.24) is 29.4 Å². The standard InChI is InChI=1S/C34H39N8O21P3/c35-34-38-31-28(32(53)39-34)36-16-42(31)33-30(52)29(51)23(61-33)15-60-65(56,57)63-66(58,59)62-64(54,55)40-20-5-3-17(4-6-20)1-2-18-7-21(9-19(10-24(43)44)11-25(45)46)37-22(8-18)12-41(13-26(47)48)14-27(49)50/h3-8,16,19,23,29-30,33,51-52H,9-15H2,(H,43,44)(H,45,46)(H,47,48)(H,49,50)(H,56,57)(H,58,59)(H2,40,54,55)(H3,35,38,39,53)/t23-,29?,30?,33-/m1/s1. The van der Waals surface area contributed by atoms with E-state index in [2.05, 4.69) is 44.9 Å². The Labute approximate surface area is 369 Å². The van der Waals surface area contributed by atoms with E-state index in [1.54, 1.807) is 0 Å². The molecule has 0 spiro atoms. The molecule has 3 aromatic heterocycles. The molecule has 5 rings (SSSR count). The van der Waals surface area contributed by atoms with Gasteiger partial charge < -0.3 is 55.8 Å². The van der Waals surface area contributed by atoms with E-state index in [1.807, 2.05) is 5.09 Å². The van der Waals surface area contributed by atoms with E-state index in [1.165, 1.54) is 24.3 Å². The monoisotopic (exact) mass is 988 g/mol. The zero-order chi connectivity index (χ0) is 48.7. The molecule has 1 aliphatic heterocycles. The maximum Gasteiger partial charge on any atom is 0.489 e. The van der Waals surface area contributed by atoms with Gasteiger partial charge >= 0.3 is 47.3 Å². The third-order valence-electron chi connectivity index (χ3n) is 8.85. The lowest BCUT2D eigenvalue weighted by atomic mass is 9.95. The number of fused-ring (bicyclic) bond motifs is 1. The molecule has 29 nitrogen and oxygen atoms in total. The number of phosphoric acid groups is 2. The summed E-state index contributed by atoms with van der Waals surface area (Å²) in [6.45, 7) is -2.76. The lowest BCUT2D eigenvalue weighted by molar-refractivity contribution is -0.143. The van der Waals surface area contributed by atoms with Crippen LogP contribution in [0.5, 0.6) is 0 Å². The Bertz CT molecular complexity index is 2670. The third kappa shape index (κ3) is 14.8. The normalized spacial score (nSPS) is 19.9. The van der Waals surface area contributed by atoms with Crippen LogP contribution in [-0.2, 0) is 63.7 Å². The number of aliphatic carboxylic acids is 4. The molecule has 4 heterocycles. The minimum Gasteiger partial charge on any atom is -0.481 e. The van der Waals surface area contributed by atoms with E-state index in [9.17, 15) is 83.0 Å². The van der Waals surface area contributed by atoms with E-state index in [0.29, 0.717) is 0 Å². The van der Waals surface area contributed by atoms with Gasteiger partial charge in [0.25, 0.3) is 5.56 Å². The van der Waals surface area contributed by atoms with Gasteiger partial charge in [-0.25, -0.2) is 18.7 Å². The van der Waals surface area contributed by atoms with Gasteiger partial charge in [0, 0.05) is 41.9 Å². The van der Waals surface area contributed by atoms with Crippen molar-refractivity contribution in [2.75, 3.05) is 30.5 Å². The fourth-order valence-corrected chi connectivity index (χ4v) is 10.1. The van der Waals surface area contributed by atoms with Crippen LogP contribution < -0.4 is 16.4 Å². The molecule has 0 bridgehead atoms. The fraction of sp³-hybridized carbons (Fsp3) is 0.353. The van der Waals surface area contributed by atoms with Crippen molar-refractivity contribution < 1.29 is 96.1 Å². The first-order chi connectivity index (χ1) is 30.8. The number of carboxylic acids is 4. The summed E-state index contributed by atoms with van der Waals surface area (Å²) in [4.78, 5) is 104. The number of hydrogen-bond donors (Lipinski definition) is 12. The minimum atomic E-state index is -5.94. The maximum absolute atomic E-state index is 12.8. The van der Waals surface area contributed by atoms with Crippen molar-refractivity contribution in [3.63, 3.8) is 0 Å². The largest absolute Gasteiger partial charge is 0.489 e. The molecule has 13 N–H and O–H groups in total. The molecule has 7 atom stereocenters. The Hall–Kier alpha value is -5.95. The molecule has 66 heavy (non-hydrogen) atoms. The number of aliphatic hydroxyl groups excluding tert-OH is 2. The number of nitrogen functional groups attached to an aromatic ring is 1. The topological polar surface area (TPSA) is 456 Å². The maximum atomic E-state index is 12.8. The second-order valence-electron chi connectivity index (χ2n) is 14.2. The molecule has 1 saturated heterocycles. The summed E-state index contributed by atoms with van der Waals surface area (Å²) in [5.41, 5.74) is 4.98. The SMILES string of the molecule is Nc1nc2c(ncn2[C@@H]2O[C@H](COP(=O)(O)OP(=O)(O)OP(=O)(O)Nc3ccc(C#Cc4cc(CC(CC(=O)O)CC(=O)O)nc(CN(CC(=O)O)CC(=O)O)c4)cc3)C(O)C2O)c(=O)[nH]1. The molecule has 0 radical (unpaired) electrons. The number of pyridine rings is 1. The van der Waals surface area contributed by atoms with E-state index in [0.717, 1.165) is 27.9 Å². The van der Waals surface area contributed by atoms with Crippen molar-refractivity contribution >= 4 is 70.1 Å². The molecular formula is C34H39N8O21P3. The molecule has 32 heteroatoms. The van der Waals surface area contributed by atoms with Crippen molar-refractivity contribution in [2.24, 2.45) is 5.92 Å². The highest BCUT2D eigenvalue weighted by Gasteiger charge is 2.47. The van der Waals surface area contributed by atoms with E-state index in [4.69, 9.17) is 10.5 Å². The molecule has 356 valence electrons. The molecule has 1 fully saturated rings. The predicted molar refractivity (Wildman–Crippen MR) is 219 cm³/mol. The number of carbonyl (C=O) groups is 4. The number of aromatic amines is 1. The summed E-state index contributed by atoms with van der Waals surface area (Å²) >= 11 is 0. The first-order valence-corrected chi connectivity index (χ1v) is 23.1. The fourth-order valence-electron chi connectivity index (χ4n) is 6.35. The molecule has 0 amide bonds. The zero-order valence-corrected chi connectivity index (χ0v) is 36.1. The Morgan fingerprint density at radius 3 is 2.08 bits per heavy atom. The number of nitrogens with zero attached hydrogens (tertiary/aromatic N) is 5. The van der Waals surface area contributed by atoms with Gasteiger partial charge in [0.2, 0.25) is 5.95 Å². The smallest absolute Gasteiger partial charge is 0.481 e. The predicted octanol–water partition coefficient (Wildman–Crippen LogP) is -0.342. The summed E-state index contributed by atoms with van der Waals surface area (Å²) < 4.78 is 57.5. The number of hydrogen-bond acceptors (Lipinski definition) is 19. The lowest BCUT2D eigenvalue weighted by Gasteiger charge is -2.20. The number of H-pyrrole nitrogens is 1. The Morgan fingerprint density at radius 1 is 0.864 bits per heavy atom. The van der Waals surface area contributed by atoms with Crippen LogP contribution in [0.25, 0.3) is 11.2 Å². The van der Waals surface area contributed by atoms with Crippen LogP contribution >= 0.6 is 23.4 Å². The highest BCUT2D eigenvalue weighted by atomic mass is 31.3. The van der Waals surface area contributed by atoms with Crippen LogP contribution in [0.1, 0.15) is 41.6 Å². The average Bonchev–Trinajstić information content (AvgIpc) is 3.70. The summed E-state index contributed by atoms with van der Waals surface area (Å²) in [7, 11) is -17.0. The number of aromatic nitrogens is 5. The number of imidazole rings is 1. The molecule has 1 aromatic carbocycles. The van der Waals surface area contributed by atoms with Crippen molar-refractivity contribution in [3.8, 4) is 11.8 Å². The van der Waals surface area contributed by atoms with Crippen molar-refractivity contribution in [3.05, 3.63) is 75.6 Å². The summed E-state index contributed by atoms with van der Waals surface area (Å²) in [6.07, 6.45) is -6.91. The van der Waals surface area contributed by atoms with Crippen LogP contribution in [0.3, 0.4) is 0 Å². The minimum absolute atomic E-state index is 0.122. The van der Waals surface area contributed by atoms with Crippen LogP contribution in [0.15, 0.2) is 47.5 Å². The first kappa shape index (κ1) is 51.0. The van der Waals surface area contributed by atoms with Gasteiger partial charge in [-0.1, -0.05) is 11.8 Å². The highest BCUT2D eigenvalue weighted by molar-refractivity contribution is 7.68. The summed E-state index contributed by atoms with van der Waals surface area (Å²) in [6, 6.07) is 7.72. The number of aliphatic hydroxyl groups is 2. The van der Waals surface area contributed by atoms with Crippen molar-refractivity contribution in [1.29, 1.82) is 0 Å². The number of carboxylic acid groups (broad SMARTS) is 4. The molecule has 0 saturated carbocycles. The number of nitrogens with one attached hydrogen (secondary N) is 2. The Kier molecular flexibility index (Phi) is 16.3. The first-order valence-electron chi connectivity index (χ1n) is 18.6. The van der Waals surface area contributed by atoms with Crippen LogP contribution in [-0.4, -0.2) is 137 Å². The van der Waals surface area contributed by atoms with E-state index < -0.39 is 116 Å². The van der Waals surface area contributed by atoms with Gasteiger partial charge in [-0.15, -0.1) is 0 Å². The number of ether oxygens (including phenoxy) is 1. The number of rotatable bonds is 22. The molecule has 5 unspecified atom stereocenters. The van der Waals surface area contributed by atoms with E-state index >= 15 is 0 Å². The van der Waals surface area contributed by atoms with Crippen molar-refractivity contribution in [2.45, 2.75) is 50.3 Å². The van der Waals surface area contributed by atoms with Crippen LogP contribution in [0.4, 0.5) is 11.6 Å². The molecule has 1 aliphatic rings. The third-order valence-corrected chi connectivity index (χ3v) is 13.2. The van der Waals surface area contributed by atoms with Gasteiger partial charge in [0.1, 0.15) is 18.3 Å². The number of benzene rings is 1. The number of phosphoric ester groups is 1. The van der Waals surface area contributed by atoms with Gasteiger partial charge in [-0.05, 0) is 48.7 Å². The molecule has 4 aromatic rings.